The van der Waals surface area contributed by atoms with Gasteiger partial charge in [-0.1, -0.05) is 6.92 Å². The monoisotopic (exact) mass is 244 g/mol. The summed E-state index contributed by atoms with van der Waals surface area (Å²) in [5.41, 5.74) is 4.74. The van der Waals surface area contributed by atoms with E-state index in [1.165, 1.54) is 11.3 Å². The largest absolute Gasteiger partial charge is 0.317 e. The van der Waals surface area contributed by atoms with Crippen LogP contribution in [-0.4, -0.2) is 27.9 Å². The first-order valence-corrected chi connectivity index (χ1v) is 6.40. The fraction of sp³-hybridized carbons (Fsp3) is 0.429. The summed E-state index contributed by atoms with van der Waals surface area (Å²) < 4.78 is 2.00. The van der Waals surface area contributed by atoms with Crippen LogP contribution in [0.4, 0.5) is 0 Å². The van der Waals surface area contributed by atoms with Gasteiger partial charge in [0.25, 0.3) is 0 Å². The van der Waals surface area contributed by atoms with Crippen LogP contribution in [0.15, 0.2) is 24.5 Å². The average molecular weight is 244 g/mol. The van der Waals surface area contributed by atoms with Crippen LogP contribution in [0.5, 0.6) is 0 Å². The van der Waals surface area contributed by atoms with Crippen LogP contribution in [0.2, 0.25) is 0 Å². The Morgan fingerprint density at radius 2 is 1.94 bits per heavy atom. The van der Waals surface area contributed by atoms with Gasteiger partial charge in [-0.3, -0.25) is 4.98 Å². The summed E-state index contributed by atoms with van der Waals surface area (Å²) in [6, 6.07) is 3.96. The number of aryl methyl sites for hydroxylation is 1. The predicted octanol–water partition coefficient (Wildman–Crippen LogP) is 2.04. The van der Waals surface area contributed by atoms with Gasteiger partial charge in [-0.05, 0) is 51.1 Å². The van der Waals surface area contributed by atoms with E-state index in [0.29, 0.717) is 0 Å². The predicted molar refractivity (Wildman–Crippen MR) is 73.1 cm³/mol. The number of nitrogens with one attached hydrogen (secondary N) is 1. The second kappa shape index (κ2) is 5.78. The summed E-state index contributed by atoms with van der Waals surface area (Å²) in [6.07, 6.45) is 4.62. The van der Waals surface area contributed by atoms with Crippen LogP contribution in [-0.2, 0) is 6.42 Å². The van der Waals surface area contributed by atoms with E-state index in [4.69, 9.17) is 0 Å². The molecule has 2 heterocycles. The molecule has 0 aliphatic heterocycles. The standard InChI is InChI=1S/C14H20N4/c1-4-15-10-7-14-11(2)17-18(12(14)3)13-5-8-16-9-6-13/h5-6,8-9,15H,4,7,10H2,1-3H3. The molecule has 0 aliphatic rings. The fourth-order valence-electron chi connectivity index (χ4n) is 2.16. The highest BCUT2D eigenvalue weighted by molar-refractivity contribution is 5.35. The van der Waals surface area contributed by atoms with Gasteiger partial charge in [-0.15, -0.1) is 0 Å². The molecule has 0 fully saturated rings. The van der Waals surface area contributed by atoms with E-state index in [-0.39, 0.29) is 0 Å². The van der Waals surface area contributed by atoms with E-state index in [0.717, 1.165) is 30.9 Å². The van der Waals surface area contributed by atoms with Gasteiger partial charge in [0.15, 0.2) is 0 Å². The van der Waals surface area contributed by atoms with Gasteiger partial charge in [0.1, 0.15) is 0 Å². The van der Waals surface area contributed by atoms with Gasteiger partial charge < -0.3 is 5.32 Å². The summed E-state index contributed by atoms with van der Waals surface area (Å²) in [7, 11) is 0. The highest BCUT2D eigenvalue weighted by Gasteiger charge is 2.11. The Kier molecular flexibility index (Phi) is 4.10. The molecule has 0 amide bonds. The lowest BCUT2D eigenvalue weighted by Crippen LogP contribution is -2.16. The Bertz CT molecular complexity index is 502. The molecule has 0 atom stereocenters. The SMILES string of the molecule is CCNCCc1c(C)nn(-c2ccncc2)c1C. The number of rotatable bonds is 5. The second-order valence-corrected chi connectivity index (χ2v) is 4.37. The van der Waals surface area contributed by atoms with Crippen molar-refractivity contribution < 1.29 is 0 Å². The van der Waals surface area contributed by atoms with Crippen molar-refractivity contribution in [3.63, 3.8) is 0 Å². The Morgan fingerprint density at radius 1 is 1.22 bits per heavy atom. The molecule has 0 spiro atoms. The zero-order chi connectivity index (χ0) is 13.0. The maximum Gasteiger partial charge on any atom is 0.0679 e. The van der Waals surface area contributed by atoms with Crippen LogP contribution < -0.4 is 5.32 Å². The van der Waals surface area contributed by atoms with Crippen molar-refractivity contribution in [1.82, 2.24) is 20.1 Å². The maximum atomic E-state index is 4.62. The minimum absolute atomic E-state index is 1.00. The normalized spacial score (nSPS) is 10.8. The average Bonchev–Trinajstić information content (AvgIpc) is 2.68. The summed E-state index contributed by atoms with van der Waals surface area (Å²) in [5.74, 6) is 0. The summed E-state index contributed by atoms with van der Waals surface area (Å²) in [4.78, 5) is 4.04. The molecule has 96 valence electrons. The van der Waals surface area contributed by atoms with Crippen LogP contribution in [0.25, 0.3) is 5.69 Å². The molecule has 0 aliphatic carbocycles. The first-order valence-electron chi connectivity index (χ1n) is 6.40. The second-order valence-electron chi connectivity index (χ2n) is 4.37. The molecule has 0 unspecified atom stereocenters. The minimum Gasteiger partial charge on any atom is -0.317 e. The first-order chi connectivity index (χ1) is 8.74. The fourth-order valence-corrected chi connectivity index (χ4v) is 2.16. The molecule has 2 rings (SSSR count). The highest BCUT2D eigenvalue weighted by atomic mass is 15.3. The van der Waals surface area contributed by atoms with Gasteiger partial charge in [0.05, 0.1) is 11.4 Å². The first kappa shape index (κ1) is 12.8. The van der Waals surface area contributed by atoms with Gasteiger partial charge in [0, 0.05) is 18.1 Å². The van der Waals surface area contributed by atoms with Crippen LogP contribution in [0, 0.1) is 13.8 Å². The third kappa shape index (κ3) is 2.59. The molecule has 0 saturated heterocycles. The number of pyridine rings is 1. The lowest BCUT2D eigenvalue weighted by molar-refractivity contribution is 0.712. The molecule has 2 aromatic heterocycles. The van der Waals surface area contributed by atoms with Crippen LogP contribution in [0.3, 0.4) is 0 Å². The number of aromatic nitrogens is 3. The quantitative estimate of drug-likeness (QED) is 0.818. The maximum absolute atomic E-state index is 4.62. The van der Waals surface area contributed by atoms with Crippen molar-refractivity contribution in [2.24, 2.45) is 0 Å². The summed E-state index contributed by atoms with van der Waals surface area (Å²) >= 11 is 0. The van der Waals surface area contributed by atoms with Crippen molar-refractivity contribution in [3.8, 4) is 5.69 Å². The number of likely N-dealkylation sites (N-methyl/N-ethyl adjacent to an activating group) is 1. The van der Waals surface area contributed by atoms with Gasteiger partial charge >= 0.3 is 0 Å². The topological polar surface area (TPSA) is 42.7 Å². The van der Waals surface area contributed by atoms with E-state index < -0.39 is 0 Å². The highest BCUT2D eigenvalue weighted by Crippen LogP contribution is 2.17. The lowest BCUT2D eigenvalue weighted by atomic mass is 10.1. The number of hydrogen-bond acceptors (Lipinski definition) is 3. The van der Waals surface area contributed by atoms with Gasteiger partial charge in [0.2, 0.25) is 0 Å². The molecule has 0 saturated carbocycles. The molecular weight excluding hydrogens is 224 g/mol. The van der Waals surface area contributed by atoms with E-state index in [1.54, 1.807) is 12.4 Å². The van der Waals surface area contributed by atoms with Crippen molar-refractivity contribution in [2.45, 2.75) is 27.2 Å². The van der Waals surface area contributed by atoms with E-state index in [2.05, 4.69) is 36.2 Å². The zero-order valence-electron chi connectivity index (χ0n) is 11.3. The molecule has 4 nitrogen and oxygen atoms in total. The zero-order valence-corrected chi connectivity index (χ0v) is 11.3. The summed E-state index contributed by atoms with van der Waals surface area (Å²) in [5, 5.41) is 7.97. The molecule has 4 heteroatoms. The molecule has 0 radical (unpaired) electrons. The van der Waals surface area contributed by atoms with E-state index in [1.807, 2.05) is 16.8 Å². The molecular formula is C14H20N4. The van der Waals surface area contributed by atoms with Crippen LogP contribution >= 0.6 is 0 Å². The van der Waals surface area contributed by atoms with E-state index >= 15 is 0 Å². The van der Waals surface area contributed by atoms with Crippen molar-refractivity contribution in [2.75, 3.05) is 13.1 Å². The Morgan fingerprint density at radius 3 is 2.61 bits per heavy atom. The third-order valence-electron chi connectivity index (χ3n) is 3.15. The lowest BCUT2D eigenvalue weighted by Gasteiger charge is -2.05. The van der Waals surface area contributed by atoms with Crippen molar-refractivity contribution in [1.29, 1.82) is 0 Å². The number of hydrogen-bond donors (Lipinski definition) is 1. The molecule has 1 N–H and O–H groups in total. The van der Waals surface area contributed by atoms with Gasteiger partial charge in [-0.25, -0.2) is 4.68 Å². The van der Waals surface area contributed by atoms with E-state index in [9.17, 15) is 0 Å². The molecule has 0 aromatic carbocycles. The smallest absolute Gasteiger partial charge is 0.0679 e. The molecule has 2 aromatic rings. The number of nitrogens with zero attached hydrogens (tertiary/aromatic N) is 3. The molecule has 18 heavy (non-hydrogen) atoms. The van der Waals surface area contributed by atoms with Gasteiger partial charge in [-0.2, -0.15) is 5.10 Å². The van der Waals surface area contributed by atoms with Crippen LogP contribution in [0.1, 0.15) is 23.9 Å². The van der Waals surface area contributed by atoms with Crippen molar-refractivity contribution in [3.05, 3.63) is 41.5 Å². The minimum atomic E-state index is 1.00. The van der Waals surface area contributed by atoms with Crippen molar-refractivity contribution >= 4 is 0 Å². The third-order valence-corrected chi connectivity index (χ3v) is 3.15. The Labute approximate surface area is 108 Å². The Balaban J connectivity index is 2.26. The Hall–Kier alpha value is -1.68. The molecule has 0 bridgehead atoms. The summed E-state index contributed by atoms with van der Waals surface area (Å²) in [6.45, 7) is 8.34.